The second-order valence-corrected chi connectivity index (χ2v) is 5.17. The number of hydrogen-bond acceptors (Lipinski definition) is 2. The highest BCUT2D eigenvalue weighted by Gasteiger charge is 2.23. The molecule has 0 saturated carbocycles. The Morgan fingerprint density at radius 3 is 2.37 bits per heavy atom. The Bertz CT molecular complexity index is 433. The molecule has 0 amide bonds. The first-order valence-electron chi connectivity index (χ1n) is 6.61. The van der Waals surface area contributed by atoms with E-state index in [-0.39, 0.29) is 6.04 Å². The number of nitrogens with one attached hydrogen (secondary N) is 1. The lowest BCUT2D eigenvalue weighted by Gasteiger charge is -2.35. The molecule has 19 heavy (non-hydrogen) atoms. The van der Waals surface area contributed by atoms with Crippen LogP contribution in [-0.2, 0) is 0 Å². The molecule has 0 unspecified atom stereocenters. The zero-order valence-corrected chi connectivity index (χ0v) is 11.3. The quantitative estimate of drug-likeness (QED) is 0.843. The van der Waals surface area contributed by atoms with Crippen molar-refractivity contribution in [3.63, 3.8) is 0 Å². The first kappa shape index (κ1) is 14.2. The third-order valence-corrected chi connectivity index (χ3v) is 3.40. The largest absolute Gasteiger partial charge is 0.314 e. The van der Waals surface area contributed by atoms with E-state index in [1.165, 1.54) is 12.1 Å². The Morgan fingerprint density at radius 1 is 1.26 bits per heavy atom. The van der Waals surface area contributed by atoms with E-state index in [1.807, 2.05) is 6.92 Å². The van der Waals surface area contributed by atoms with Gasteiger partial charge in [0.25, 0.3) is 0 Å². The smallest absolute Gasteiger partial charge is 0.126 e. The highest BCUT2D eigenvalue weighted by atomic mass is 19.1. The summed E-state index contributed by atoms with van der Waals surface area (Å²) in [7, 11) is 0. The molecule has 0 aliphatic carbocycles. The number of hydrogen-bond donors (Lipinski definition) is 1. The topological polar surface area (TPSA) is 15.3 Å². The van der Waals surface area contributed by atoms with E-state index in [0.29, 0.717) is 5.56 Å². The average molecular weight is 266 g/mol. The first-order valence-corrected chi connectivity index (χ1v) is 6.61. The van der Waals surface area contributed by atoms with Gasteiger partial charge in [-0.15, -0.1) is 6.58 Å². The van der Waals surface area contributed by atoms with Crippen molar-refractivity contribution in [2.75, 3.05) is 26.2 Å². The molecule has 0 spiro atoms. The molecule has 1 aliphatic rings. The van der Waals surface area contributed by atoms with E-state index >= 15 is 0 Å². The predicted molar refractivity (Wildman–Crippen MR) is 73.0 cm³/mol. The van der Waals surface area contributed by atoms with Crippen LogP contribution >= 0.6 is 0 Å². The van der Waals surface area contributed by atoms with E-state index in [0.717, 1.165) is 44.2 Å². The maximum absolute atomic E-state index is 13.4. The molecule has 1 aromatic rings. The van der Waals surface area contributed by atoms with Crippen LogP contribution in [0.1, 0.15) is 24.9 Å². The summed E-state index contributed by atoms with van der Waals surface area (Å²) in [6.45, 7) is 9.46. The van der Waals surface area contributed by atoms with Gasteiger partial charge in [0, 0.05) is 38.3 Å². The van der Waals surface area contributed by atoms with Crippen LogP contribution in [0.3, 0.4) is 0 Å². The molecule has 1 saturated heterocycles. The van der Waals surface area contributed by atoms with Gasteiger partial charge in [0.1, 0.15) is 11.6 Å². The molecule has 0 bridgehead atoms. The normalized spacial score (nSPS) is 18.3. The second kappa shape index (κ2) is 6.26. The van der Waals surface area contributed by atoms with Gasteiger partial charge < -0.3 is 5.32 Å². The number of halogens is 2. The Morgan fingerprint density at radius 2 is 1.84 bits per heavy atom. The van der Waals surface area contributed by atoms with Crippen molar-refractivity contribution in [1.29, 1.82) is 0 Å². The van der Waals surface area contributed by atoms with Gasteiger partial charge >= 0.3 is 0 Å². The molecule has 2 nitrogen and oxygen atoms in total. The number of rotatable bonds is 4. The lowest BCUT2D eigenvalue weighted by atomic mass is 9.97. The van der Waals surface area contributed by atoms with E-state index < -0.39 is 11.6 Å². The van der Waals surface area contributed by atoms with Crippen LogP contribution < -0.4 is 5.32 Å². The number of piperazine rings is 1. The van der Waals surface area contributed by atoms with Crippen LogP contribution in [0.25, 0.3) is 0 Å². The Balaban J connectivity index is 2.27. The Kier molecular flexibility index (Phi) is 4.66. The van der Waals surface area contributed by atoms with Crippen LogP contribution in [0.4, 0.5) is 8.78 Å². The molecule has 1 heterocycles. The lowest BCUT2D eigenvalue weighted by molar-refractivity contribution is 0.172. The van der Waals surface area contributed by atoms with Crippen molar-refractivity contribution < 1.29 is 8.78 Å². The Hall–Kier alpha value is -1.26. The van der Waals surface area contributed by atoms with Gasteiger partial charge in [0.05, 0.1) is 0 Å². The maximum atomic E-state index is 13.4. The fourth-order valence-corrected chi connectivity index (χ4v) is 2.55. The first-order chi connectivity index (χ1) is 9.06. The molecule has 1 atom stereocenters. The monoisotopic (exact) mass is 266 g/mol. The zero-order valence-electron chi connectivity index (χ0n) is 11.3. The molecule has 2 rings (SSSR count). The summed E-state index contributed by atoms with van der Waals surface area (Å²) in [5, 5.41) is 3.28. The van der Waals surface area contributed by atoms with Gasteiger partial charge in [0.15, 0.2) is 0 Å². The number of benzene rings is 1. The van der Waals surface area contributed by atoms with E-state index in [9.17, 15) is 8.78 Å². The van der Waals surface area contributed by atoms with Crippen LogP contribution in [0.5, 0.6) is 0 Å². The highest BCUT2D eigenvalue weighted by Crippen LogP contribution is 2.28. The minimum absolute atomic E-state index is 0.00444. The number of nitrogens with zero attached hydrogens (tertiary/aromatic N) is 1. The molecule has 1 aromatic carbocycles. The summed E-state index contributed by atoms with van der Waals surface area (Å²) < 4.78 is 26.8. The molecule has 1 aliphatic heterocycles. The van der Waals surface area contributed by atoms with Gasteiger partial charge in [-0.1, -0.05) is 5.57 Å². The Labute approximate surface area is 113 Å². The summed E-state index contributed by atoms with van der Waals surface area (Å²) >= 11 is 0. The average Bonchev–Trinajstić information content (AvgIpc) is 2.35. The molecule has 1 fully saturated rings. The summed E-state index contributed by atoms with van der Waals surface area (Å²) in [5.41, 5.74) is 1.72. The minimum Gasteiger partial charge on any atom is -0.314 e. The molecule has 0 aromatic heterocycles. The third-order valence-electron chi connectivity index (χ3n) is 3.40. The summed E-state index contributed by atoms with van der Waals surface area (Å²) in [6.07, 6.45) is 0.725. The SMILES string of the molecule is C=C(C)C[C@@H](c1cc(F)cc(F)c1)N1CCNCC1. The second-order valence-electron chi connectivity index (χ2n) is 5.17. The van der Waals surface area contributed by atoms with E-state index in [4.69, 9.17) is 0 Å². The molecular weight excluding hydrogens is 246 g/mol. The van der Waals surface area contributed by atoms with Crippen molar-refractivity contribution in [2.45, 2.75) is 19.4 Å². The van der Waals surface area contributed by atoms with E-state index in [1.54, 1.807) is 0 Å². The lowest BCUT2D eigenvalue weighted by Crippen LogP contribution is -2.45. The van der Waals surface area contributed by atoms with Gasteiger partial charge in [0.2, 0.25) is 0 Å². The maximum Gasteiger partial charge on any atom is 0.126 e. The summed E-state index contributed by atoms with van der Waals surface area (Å²) in [6, 6.07) is 3.78. The van der Waals surface area contributed by atoms with Gasteiger partial charge in [-0.3, -0.25) is 4.90 Å². The standard InChI is InChI=1S/C15H20F2N2/c1-11(2)7-15(19-5-3-18-4-6-19)12-8-13(16)10-14(17)9-12/h8-10,15,18H,1,3-7H2,2H3/t15-/m0/s1. The predicted octanol–water partition coefficient (Wildman–Crippen LogP) is 2.88. The summed E-state index contributed by atoms with van der Waals surface area (Å²) in [4.78, 5) is 2.26. The minimum atomic E-state index is -0.517. The highest BCUT2D eigenvalue weighted by molar-refractivity contribution is 5.23. The van der Waals surface area contributed by atoms with Crippen molar-refractivity contribution in [2.24, 2.45) is 0 Å². The van der Waals surface area contributed by atoms with Gasteiger partial charge in [-0.25, -0.2) is 8.78 Å². The van der Waals surface area contributed by atoms with Crippen LogP contribution in [-0.4, -0.2) is 31.1 Å². The fraction of sp³-hybridized carbons (Fsp3) is 0.467. The van der Waals surface area contributed by atoms with Crippen molar-refractivity contribution in [1.82, 2.24) is 10.2 Å². The molecular formula is C15H20F2N2. The third kappa shape index (κ3) is 3.85. The van der Waals surface area contributed by atoms with Crippen molar-refractivity contribution in [3.8, 4) is 0 Å². The van der Waals surface area contributed by atoms with E-state index in [2.05, 4.69) is 16.8 Å². The molecule has 1 N–H and O–H groups in total. The summed E-state index contributed by atoms with van der Waals surface area (Å²) in [5.74, 6) is -1.03. The van der Waals surface area contributed by atoms with Gasteiger partial charge in [-0.2, -0.15) is 0 Å². The van der Waals surface area contributed by atoms with Crippen molar-refractivity contribution >= 4 is 0 Å². The van der Waals surface area contributed by atoms with Crippen molar-refractivity contribution in [3.05, 3.63) is 47.5 Å². The zero-order chi connectivity index (χ0) is 13.8. The fourth-order valence-electron chi connectivity index (χ4n) is 2.55. The molecule has 104 valence electrons. The van der Waals surface area contributed by atoms with Crippen LogP contribution in [0, 0.1) is 11.6 Å². The van der Waals surface area contributed by atoms with Crippen LogP contribution in [0.2, 0.25) is 0 Å². The molecule has 0 radical (unpaired) electrons. The van der Waals surface area contributed by atoms with Crippen LogP contribution in [0.15, 0.2) is 30.4 Å². The molecule has 4 heteroatoms. The van der Waals surface area contributed by atoms with Gasteiger partial charge in [-0.05, 0) is 31.0 Å².